The van der Waals surface area contributed by atoms with Gasteiger partial charge in [0.25, 0.3) is 16.3 Å². The van der Waals surface area contributed by atoms with Crippen LogP contribution in [0.4, 0.5) is 0 Å². The molecule has 5 rings (SSSR count). The van der Waals surface area contributed by atoms with E-state index in [1.165, 1.54) is 54.5 Å². The molecule has 0 amide bonds. The predicted molar refractivity (Wildman–Crippen MR) is 104 cm³/mol. The Hall–Kier alpha value is -2.08. The van der Waals surface area contributed by atoms with Crippen molar-refractivity contribution >= 4 is 42.5 Å². The average molecular weight is 326 g/mol. The van der Waals surface area contributed by atoms with Crippen molar-refractivity contribution in [2.45, 2.75) is 27.2 Å². The quantitative estimate of drug-likeness (QED) is 0.399. The largest absolute Gasteiger partial charge is 0.295 e. The van der Waals surface area contributed by atoms with Gasteiger partial charge in [-0.2, -0.15) is 0 Å². The number of aromatic nitrogens is 2. The van der Waals surface area contributed by atoms with Crippen molar-refractivity contribution in [3.63, 3.8) is 0 Å². The van der Waals surface area contributed by atoms with Crippen LogP contribution in [0.5, 0.6) is 0 Å². The van der Waals surface area contributed by atoms with E-state index in [0.717, 1.165) is 28.2 Å². The molecule has 0 aliphatic carbocycles. The van der Waals surface area contributed by atoms with Crippen molar-refractivity contribution in [3.8, 4) is 5.69 Å². The van der Waals surface area contributed by atoms with Gasteiger partial charge in [0.1, 0.15) is 5.82 Å². The number of hydrogen-bond acceptors (Lipinski definition) is 1. The second-order valence-corrected chi connectivity index (χ2v) is 8.17. The van der Waals surface area contributed by atoms with Gasteiger partial charge in [-0.25, -0.2) is 4.98 Å². The standard InChI is InChI=1S/C21H17N2.Al.2H/c1-12-7-10-17-20(14(12)3)23-18(22-17)11-16-9-8-15-6-4-5-13(2)19(15)21(16)23;;;/h4,6-10H,11H2,1-3H3;;;. The van der Waals surface area contributed by atoms with E-state index in [0.29, 0.717) is 0 Å². The molecule has 3 heteroatoms. The number of hydrogen-bond donors (Lipinski definition) is 0. The van der Waals surface area contributed by atoms with Gasteiger partial charge in [-0.1, -0.05) is 35.9 Å². The van der Waals surface area contributed by atoms with Crippen molar-refractivity contribution in [1.82, 2.24) is 9.55 Å². The van der Waals surface area contributed by atoms with Crippen molar-refractivity contribution in [2.75, 3.05) is 0 Å². The lowest BCUT2D eigenvalue weighted by atomic mass is 9.99. The van der Waals surface area contributed by atoms with Gasteiger partial charge in [-0.15, -0.1) is 4.43 Å². The Morgan fingerprint density at radius 2 is 1.75 bits per heavy atom. The van der Waals surface area contributed by atoms with Crippen LogP contribution in [0.25, 0.3) is 27.5 Å². The molecule has 1 aromatic heterocycles. The Morgan fingerprint density at radius 3 is 2.58 bits per heavy atom. The zero-order valence-corrected chi connectivity index (χ0v) is 16.6. The van der Waals surface area contributed by atoms with Gasteiger partial charge in [-0.3, -0.25) is 4.57 Å². The molecule has 1 aliphatic rings. The molecular weight excluding hydrogens is 307 g/mol. The molecule has 2 heterocycles. The second-order valence-electron chi connectivity index (χ2n) is 7.09. The van der Waals surface area contributed by atoms with Crippen LogP contribution < -0.4 is 4.43 Å². The van der Waals surface area contributed by atoms with Crippen LogP contribution in [0.1, 0.15) is 28.1 Å². The second kappa shape index (κ2) is 4.73. The first kappa shape index (κ1) is 14.3. The predicted octanol–water partition coefficient (Wildman–Crippen LogP) is 3.27. The highest BCUT2D eigenvalue weighted by atomic mass is 27.0. The normalized spacial score (nSPS) is 12.8. The van der Waals surface area contributed by atoms with Gasteiger partial charge in [-0.05, 0) is 48.9 Å². The van der Waals surface area contributed by atoms with Gasteiger partial charge in [0.15, 0.2) is 0 Å². The van der Waals surface area contributed by atoms with E-state index >= 15 is 0 Å². The average Bonchev–Trinajstić information content (AvgIpc) is 3.10. The van der Waals surface area contributed by atoms with Gasteiger partial charge in [0, 0.05) is 11.8 Å². The fourth-order valence-electron chi connectivity index (χ4n) is 4.13. The summed E-state index contributed by atoms with van der Waals surface area (Å²) in [4.78, 5) is 4.94. The van der Waals surface area contributed by atoms with Gasteiger partial charge >= 0.3 is 0 Å². The van der Waals surface area contributed by atoms with Crippen LogP contribution >= 0.6 is 0 Å². The molecule has 0 fully saturated rings. The summed E-state index contributed by atoms with van der Waals surface area (Å²) >= 11 is 1.08. The monoisotopic (exact) mass is 326 g/mol. The number of fused-ring (bicyclic) bond motifs is 7. The third-order valence-electron chi connectivity index (χ3n) is 5.76. The molecule has 3 aromatic carbocycles. The molecular formula is C21H19AlN2. The van der Waals surface area contributed by atoms with Crippen LogP contribution in [-0.2, 0) is 6.42 Å². The number of aryl methyl sites for hydroxylation is 3. The maximum absolute atomic E-state index is 4.94. The Morgan fingerprint density at radius 1 is 0.958 bits per heavy atom. The van der Waals surface area contributed by atoms with E-state index in [1.807, 2.05) is 0 Å². The van der Waals surface area contributed by atoms with E-state index in [2.05, 4.69) is 61.7 Å². The maximum Gasteiger partial charge on any atom is 0.259 e. The van der Waals surface area contributed by atoms with Gasteiger partial charge < -0.3 is 0 Å². The van der Waals surface area contributed by atoms with Crippen LogP contribution in [0, 0.1) is 20.8 Å². The first-order chi connectivity index (χ1) is 11.6. The summed E-state index contributed by atoms with van der Waals surface area (Å²) in [7, 11) is 0. The molecule has 0 unspecified atom stereocenters. The molecule has 0 spiro atoms. The summed E-state index contributed by atoms with van der Waals surface area (Å²) < 4.78 is 3.92. The highest BCUT2D eigenvalue weighted by molar-refractivity contribution is 6.34. The molecule has 0 radical (unpaired) electrons. The Kier molecular flexibility index (Phi) is 2.81. The smallest absolute Gasteiger partial charge is 0.259 e. The highest BCUT2D eigenvalue weighted by Gasteiger charge is 2.26. The molecule has 0 bridgehead atoms. The zero-order valence-electron chi connectivity index (χ0n) is 14.6. The maximum atomic E-state index is 4.94. The summed E-state index contributed by atoms with van der Waals surface area (Å²) in [6.45, 7) is 6.69. The Bertz CT molecular complexity index is 1170. The van der Waals surface area contributed by atoms with E-state index in [9.17, 15) is 0 Å². The molecule has 0 N–H and O–H groups in total. The van der Waals surface area contributed by atoms with Crippen molar-refractivity contribution in [3.05, 3.63) is 64.5 Å². The van der Waals surface area contributed by atoms with E-state index in [4.69, 9.17) is 4.98 Å². The first-order valence-electron chi connectivity index (χ1n) is 8.56. The number of imidazole rings is 1. The van der Waals surface area contributed by atoms with Crippen LogP contribution in [0.2, 0.25) is 0 Å². The number of benzene rings is 3. The number of nitrogens with zero attached hydrogens (tertiary/aromatic N) is 2. The third-order valence-corrected chi connectivity index (χ3v) is 6.84. The molecule has 1 aliphatic heterocycles. The van der Waals surface area contributed by atoms with Crippen LogP contribution in [-0.4, -0.2) is 25.8 Å². The first-order valence-corrected chi connectivity index (χ1v) is 9.56. The van der Waals surface area contributed by atoms with Crippen LogP contribution in [0.15, 0.2) is 36.4 Å². The minimum Gasteiger partial charge on any atom is -0.295 e. The number of rotatable bonds is 0. The van der Waals surface area contributed by atoms with Gasteiger partial charge in [0.2, 0.25) is 0 Å². The molecule has 0 saturated carbocycles. The lowest BCUT2D eigenvalue weighted by molar-refractivity contribution is 1.02. The van der Waals surface area contributed by atoms with Crippen molar-refractivity contribution in [2.24, 2.45) is 0 Å². The molecule has 0 saturated heterocycles. The molecule has 116 valence electrons. The highest BCUT2D eigenvalue weighted by Crippen LogP contribution is 2.39. The van der Waals surface area contributed by atoms with Crippen LogP contribution in [0.3, 0.4) is 0 Å². The zero-order chi connectivity index (χ0) is 16.6. The summed E-state index contributed by atoms with van der Waals surface area (Å²) in [5.41, 5.74) is 9.30. The summed E-state index contributed by atoms with van der Waals surface area (Å²) in [5.74, 6) is 1.18. The Labute approximate surface area is 149 Å². The fraction of sp³-hybridized carbons (Fsp3) is 0.190. The minimum atomic E-state index is 0.934. The minimum absolute atomic E-state index is 0.934. The van der Waals surface area contributed by atoms with E-state index in [1.54, 1.807) is 0 Å². The Balaban J connectivity index is 2.01. The summed E-state index contributed by atoms with van der Waals surface area (Å²) in [6, 6.07) is 13.5. The topological polar surface area (TPSA) is 17.8 Å². The lowest BCUT2D eigenvalue weighted by Gasteiger charge is -2.14. The van der Waals surface area contributed by atoms with Gasteiger partial charge in [0.05, 0.1) is 16.7 Å². The van der Waals surface area contributed by atoms with Crippen molar-refractivity contribution in [1.29, 1.82) is 0 Å². The lowest BCUT2D eigenvalue weighted by Crippen LogP contribution is -2.08. The third kappa shape index (κ3) is 1.69. The summed E-state index contributed by atoms with van der Waals surface area (Å²) in [6.07, 6.45) is 0.934. The van der Waals surface area contributed by atoms with E-state index < -0.39 is 0 Å². The fourth-order valence-corrected chi connectivity index (χ4v) is 4.54. The molecule has 4 aromatic rings. The van der Waals surface area contributed by atoms with Crippen molar-refractivity contribution < 1.29 is 0 Å². The molecule has 24 heavy (non-hydrogen) atoms. The summed E-state index contributed by atoms with van der Waals surface area (Å²) in [5, 5.41) is 2.75. The molecule has 2 nitrogen and oxygen atoms in total. The molecule has 0 atom stereocenters. The SMILES string of the molecule is Cc1ccc2nc3n(c2c1C)-c1c(ccc2cc[c]([AlH2])c(C)c12)C3. The van der Waals surface area contributed by atoms with E-state index in [-0.39, 0.29) is 0 Å².